The molecule has 1 nitrogen and oxygen atoms in total. The average molecular weight is 302 g/mol. The summed E-state index contributed by atoms with van der Waals surface area (Å²) in [5.41, 5.74) is 1.40. The molecule has 0 saturated heterocycles. The first kappa shape index (κ1) is 14.1. The molecule has 0 heterocycles. The van der Waals surface area contributed by atoms with E-state index in [1.807, 2.05) is 11.8 Å². The van der Waals surface area contributed by atoms with Crippen molar-refractivity contribution in [3.8, 4) is 0 Å². The third-order valence-corrected chi connectivity index (χ3v) is 4.00. The smallest absolute Gasteiger partial charge is 0.0207 e. The Balaban J connectivity index is 2.56. The van der Waals surface area contributed by atoms with Gasteiger partial charge in [-0.15, -0.1) is 0 Å². The van der Waals surface area contributed by atoms with Gasteiger partial charge in [-0.25, -0.2) is 0 Å². The van der Waals surface area contributed by atoms with Crippen molar-refractivity contribution in [1.82, 2.24) is 5.32 Å². The van der Waals surface area contributed by atoms with Crippen LogP contribution in [0, 0.1) is 0 Å². The molecule has 1 unspecified atom stereocenters. The number of hydrogen-bond donors (Lipinski definition) is 1. The van der Waals surface area contributed by atoms with Crippen LogP contribution < -0.4 is 5.32 Å². The Morgan fingerprint density at radius 2 is 2.12 bits per heavy atom. The van der Waals surface area contributed by atoms with Crippen LogP contribution in [0.3, 0.4) is 0 Å². The summed E-state index contributed by atoms with van der Waals surface area (Å²) in [6, 6.07) is 9.09. The molecule has 1 aromatic carbocycles. The van der Waals surface area contributed by atoms with E-state index in [2.05, 4.69) is 58.7 Å². The van der Waals surface area contributed by atoms with Gasteiger partial charge in [-0.2, -0.15) is 11.8 Å². The van der Waals surface area contributed by atoms with Gasteiger partial charge in [-0.05, 0) is 43.0 Å². The topological polar surface area (TPSA) is 12.0 Å². The monoisotopic (exact) mass is 301 g/mol. The molecule has 16 heavy (non-hydrogen) atoms. The van der Waals surface area contributed by atoms with Crippen molar-refractivity contribution in [2.45, 2.75) is 25.8 Å². The Morgan fingerprint density at radius 1 is 1.38 bits per heavy atom. The summed E-state index contributed by atoms with van der Waals surface area (Å²) in [5.74, 6) is 1.22. The van der Waals surface area contributed by atoms with Crippen LogP contribution in [0.25, 0.3) is 0 Å². The zero-order valence-electron chi connectivity index (χ0n) is 10.0. The molecule has 0 aliphatic heterocycles. The zero-order valence-corrected chi connectivity index (χ0v) is 12.4. The minimum absolute atomic E-state index is 0.594. The molecule has 90 valence electrons. The number of halogens is 1. The lowest BCUT2D eigenvalue weighted by Crippen LogP contribution is -2.31. The van der Waals surface area contributed by atoms with E-state index in [0.717, 1.165) is 13.0 Å². The predicted molar refractivity (Wildman–Crippen MR) is 78.3 cm³/mol. The fraction of sp³-hybridized carbons (Fsp3) is 0.538. The molecule has 0 fully saturated rings. The summed E-state index contributed by atoms with van der Waals surface area (Å²) in [4.78, 5) is 0. The second-order valence-corrected chi connectivity index (χ2v) is 5.67. The van der Waals surface area contributed by atoms with Crippen LogP contribution in [-0.4, -0.2) is 24.6 Å². The van der Waals surface area contributed by atoms with Gasteiger partial charge in [0.05, 0.1) is 0 Å². The van der Waals surface area contributed by atoms with Gasteiger partial charge < -0.3 is 5.32 Å². The first-order valence-corrected chi connectivity index (χ1v) is 7.92. The average Bonchev–Trinajstić information content (AvgIpc) is 2.29. The summed E-state index contributed by atoms with van der Waals surface area (Å²) in [6.07, 6.45) is 4.51. The lowest BCUT2D eigenvalue weighted by atomic mass is 10.0. The molecular formula is C13H20BrNS. The maximum absolute atomic E-state index is 3.61. The van der Waals surface area contributed by atoms with Gasteiger partial charge in [0.15, 0.2) is 0 Å². The van der Waals surface area contributed by atoms with Gasteiger partial charge in [0.25, 0.3) is 0 Å². The summed E-state index contributed by atoms with van der Waals surface area (Å²) in [6.45, 7) is 3.22. The van der Waals surface area contributed by atoms with E-state index < -0.39 is 0 Å². The van der Waals surface area contributed by atoms with E-state index in [1.54, 1.807) is 0 Å². The van der Waals surface area contributed by atoms with E-state index >= 15 is 0 Å². The van der Waals surface area contributed by atoms with Gasteiger partial charge >= 0.3 is 0 Å². The number of benzene rings is 1. The SMILES string of the molecule is CCNC(CCSC)Cc1ccccc1Br. The fourth-order valence-electron chi connectivity index (χ4n) is 1.75. The molecule has 0 aromatic heterocycles. The Kier molecular flexibility index (Phi) is 7.17. The van der Waals surface area contributed by atoms with Crippen molar-refractivity contribution >= 4 is 27.7 Å². The number of hydrogen-bond acceptors (Lipinski definition) is 2. The van der Waals surface area contributed by atoms with Crippen LogP contribution in [-0.2, 0) is 6.42 Å². The van der Waals surface area contributed by atoms with Gasteiger partial charge in [0.2, 0.25) is 0 Å². The third-order valence-electron chi connectivity index (χ3n) is 2.59. The predicted octanol–water partition coefficient (Wildman–Crippen LogP) is 3.72. The Labute approximate surface area is 112 Å². The summed E-state index contributed by atoms with van der Waals surface area (Å²) >= 11 is 5.53. The Hall–Kier alpha value is 0.01000. The third kappa shape index (κ3) is 4.89. The Morgan fingerprint density at radius 3 is 2.75 bits per heavy atom. The molecule has 1 rings (SSSR count). The molecule has 0 aliphatic rings. The Bertz CT molecular complexity index is 304. The molecule has 0 spiro atoms. The van der Waals surface area contributed by atoms with Crippen molar-refractivity contribution in [3.05, 3.63) is 34.3 Å². The molecule has 1 atom stereocenters. The van der Waals surface area contributed by atoms with Crippen molar-refractivity contribution in [1.29, 1.82) is 0 Å². The van der Waals surface area contributed by atoms with Crippen LogP contribution in [0.4, 0.5) is 0 Å². The van der Waals surface area contributed by atoms with Crippen LogP contribution in [0.5, 0.6) is 0 Å². The van der Waals surface area contributed by atoms with Gasteiger partial charge in [0.1, 0.15) is 0 Å². The molecule has 0 aliphatic carbocycles. The minimum atomic E-state index is 0.594. The van der Waals surface area contributed by atoms with Crippen LogP contribution in [0.15, 0.2) is 28.7 Å². The highest BCUT2D eigenvalue weighted by molar-refractivity contribution is 9.10. The lowest BCUT2D eigenvalue weighted by Gasteiger charge is -2.18. The highest BCUT2D eigenvalue weighted by atomic mass is 79.9. The first-order valence-electron chi connectivity index (χ1n) is 5.73. The van der Waals surface area contributed by atoms with Gasteiger partial charge in [-0.3, -0.25) is 0 Å². The van der Waals surface area contributed by atoms with Crippen molar-refractivity contribution in [2.24, 2.45) is 0 Å². The highest BCUT2D eigenvalue weighted by Gasteiger charge is 2.09. The second kappa shape index (κ2) is 8.15. The molecule has 1 aromatic rings. The largest absolute Gasteiger partial charge is 0.314 e. The quantitative estimate of drug-likeness (QED) is 0.824. The molecule has 0 saturated carbocycles. The molecule has 1 N–H and O–H groups in total. The standard InChI is InChI=1S/C13H20BrNS/c1-3-15-12(8-9-16-2)10-11-6-4-5-7-13(11)14/h4-7,12,15H,3,8-10H2,1-2H3. The van der Waals surface area contributed by atoms with E-state index in [0.29, 0.717) is 6.04 Å². The molecule has 0 amide bonds. The number of thioether (sulfide) groups is 1. The van der Waals surface area contributed by atoms with Crippen LogP contribution >= 0.6 is 27.7 Å². The molecule has 3 heteroatoms. The maximum Gasteiger partial charge on any atom is 0.0207 e. The molecule has 0 bridgehead atoms. The van der Waals surface area contributed by atoms with Gasteiger partial charge in [-0.1, -0.05) is 41.1 Å². The van der Waals surface area contributed by atoms with Crippen LogP contribution in [0.1, 0.15) is 18.9 Å². The van der Waals surface area contributed by atoms with E-state index in [-0.39, 0.29) is 0 Å². The lowest BCUT2D eigenvalue weighted by molar-refractivity contribution is 0.513. The number of rotatable bonds is 7. The normalized spacial score (nSPS) is 12.7. The van der Waals surface area contributed by atoms with Crippen molar-refractivity contribution in [3.63, 3.8) is 0 Å². The minimum Gasteiger partial charge on any atom is -0.314 e. The zero-order chi connectivity index (χ0) is 11.8. The van der Waals surface area contributed by atoms with Crippen molar-refractivity contribution < 1.29 is 0 Å². The summed E-state index contributed by atoms with van der Waals surface area (Å²) < 4.78 is 1.22. The first-order chi connectivity index (χ1) is 7.77. The van der Waals surface area contributed by atoms with Crippen molar-refractivity contribution in [2.75, 3.05) is 18.6 Å². The highest BCUT2D eigenvalue weighted by Crippen LogP contribution is 2.18. The molecule has 0 radical (unpaired) electrons. The van der Waals surface area contributed by atoms with Crippen LogP contribution in [0.2, 0.25) is 0 Å². The number of nitrogens with one attached hydrogen (secondary N) is 1. The van der Waals surface area contributed by atoms with E-state index in [9.17, 15) is 0 Å². The second-order valence-electron chi connectivity index (χ2n) is 3.83. The van der Waals surface area contributed by atoms with E-state index in [4.69, 9.17) is 0 Å². The maximum atomic E-state index is 3.61. The summed E-state index contributed by atoms with van der Waals surface area (Å²) in [5, 5.41) is 3.56. The number of likely N-dealkylation sites (N-methyl/N-ethyl adjacent to an activating group) is 1. The fourth-order valence-corrected chi connectivity index (χ4v) is 2.72. The molecular weight excluding hydrogens is 282 g/mol. The summed E-state index contributed by atoms with van der Waals surface area (Å²) in [7, 11) is 0. The van der Waals surface area contributed by atoms with Gasteiger partial charge in [0, 0.05) is 10.5 Å². The van der Waals surface area contributed by atoms with E-state index in [1.165, 1.54) is 22.2 Å².